The monoisotopic (exact) mass is 545 g/mol. The topological polar surface area (TPSA) is 112 Å². The Hall–Kier alpha value is -5.18. The summed E-state index contributed by atoms with van der Waals surface area (Å²) in [4.78, 5) is 16.3. The van der Waals surface area contributed by atoms with Gasteiger partial charge in [0.2, 0.25) is 0 Å². The number of nitrogen functional groups attached to an aromatic ring is 1. The quantitative estimate of drug-likeness (QED) is 0.263. The van der Waals surface area contributed by atoms with Crippen molar-refractivity contribution in [2.24, 2.45) is 0 Å². The van der Waals surface area contributed by atoms with Crippen molar-refractivity contribution in [3.8, 4) is 22.4 Å². The van der Waals surface area contributed by atoms with E-state index in [0.717, 1.165) is 44.4 Å². The number of carbonyl (C=O) groups is 1. The summed E-state index contributed by atoms with van der Waals surface area (Å²) in [6.45, 7) is 6.58. The highest BCUT2D eigenvalue weighted by atomic mass is 16.6. The molecule has 0 aliphatic heterocycles. The molecule has 1 amide bonds. The van der Waals surface area contributed by atoms with E-state index in [0.29, 0.717) is 18.9 Å². The van der Waals surface area contributed by atoms with Gasteiger partial charge >= 0.3 is 6.09 Å². The van der Waals surface area contributed by atoms with E-state index in [1.165, 1.54) is 11.9 Å². The highest BCUT2D eigenvalue weighted by molar-refractivity contribution is 5.95. The second-order valence-electron chi connectivity index (χ2n) is 11.0. The average Bonchev–Trinajstić information content (AvgIpc) is 3.53. The van der Waals surface area contributed by atoms with Crippen LogP contribution in [0.5, 0.6) is 0 Å². The van der Waals surface area contributed by atoms with Gasteiger partial charge < -0.3 is 15.8 Å². The zero-order valence-corrected chi connectivity index (χ0v) is 23.2. The van der Waals surface area contributed by atoms with Crippen LogP contribution in [-0.2, 0) is 17.8 Å². The molecule has 9 nitrogen and oxygen atoms in total. The number of benzene rings is 3. The van der Waals surface area contributed by atoms with Gasteiger partial charge in [-0.05, 0) is 49.6 Å². The molecule has 0 saturated heterocycles. The molecule has 0 fully saturated rings. The van der Waals surface area contributed by atoms with Crippen molar-refractivity contribution in [2.75, 3.05) is 5.73 Å². The molecule has 0 spiro atoms. The van der Waals surface area contributed by atoms with Crippen molar-refractivity contribution < 1.29 is 9.53 Å². The lowest BCUT2D eigenvalue weighted by molar-refractivity contribution is 0.0523. The van der Waals surface area contributed by atoms with E-state index in [4.69, 9.17) is 15.6 Å². The third kappa shape index (κ3) is 5.60. The number of rotatable bonds is 6. The zero-order chi connectivity index (χ0) is 28.6. The summed E-state index contributed by atoms with van der Waals surface area (Å²) in [6.07, 6.45) is 3.08. The predicted molar refractivity (Wildman–Crippen MR) is 160 cm³/mol. The van der Waals surface area contributed by atoms with Gasteiger partial charge in [-0.2, -0.15) is 10.2 Å². The van der Waals surface area contributed by atoms with Crippen LogP contribution in [0.2, 0.25) is 0 Å². The number of amides is 1. The van der Waals surface area contributed by atoms with Gasteiger partial charge in [-0.15, -0.1) is 0 Å². The van der Waals surface area contributed by atoms with Crippen LogP contribution in [0.1, 0.15) is 31.9 Å². The van der Waals surface area contributed by atoms with Crippen LogP contribution in [-0.4, -0.2) is 36.1 Å². The van der Waals surface area contributed by atoms with E-state index in [9.17, 15) is 4.79 Å². The van der Waals surface area contributed by atoms with Crippen molar-refractivity contribution in [3.05, 3.63) is 103 Å². The van der Waals surface area contributed by atoms with Gasteiger partial charge in [-0.25, -0.2) is 14.3 Å². The molecule has 6 aromatic rings. The smallest absolute Gasteiger partial charge is 0.407 e. The fraction of sp³-hybridized carbons (Fsp3) is 0.188. The minimum Gasteiger partial charge on any atom is -0.444 e. The number of nitrogens with zero attached hydrogens (tertiary/aromatic N) is 5. The second-order valence-corrected chi connectivity index (χ2v) is 11.0. The van der Waals surface area contributed by atoms with Crippen LogP contribution in [0.3, 0.4) is 0 Å². The Morgan fingerprint density at radius 2 is 1.71 bits per heavy atom. The Morgan fingerprint density at radius 3 is 2.46 bits per heavy atom. The van der Waals surface area contributed by atoms with Crippen molar-refractivity contribution in [3.63, 3.8) is 0 Å². The van der Waals surface area contributed by atoms with Gasteiger partial charge in [-0.3, -0.25) is 4.68 Å². The molecule has 0 bridgehead atoms. The van der Waals surface area contributed by atoms with E-state index in [1.807, 2.05) is 72.4 Å². The number of hydrogen-bond acceptors (Lipinski definition) is 6. The minimum absolute atomic E-state index is 0.362. The van der Waals surface area contributed by atoms with Crippen LogP contribution < -0.4 is 11.1 Å². The molecule has 9 heteroatoms. The number of hydrogen-bond donors (Lipinski definition) is 2. The highest BCUT2D eigenvalue weighted by Crippen LogP contribution is 2.35. The second kappa shape index (κ2) is 10.4. The normalized spacial score (nSPS) is 11.7. The first-order valence-electron chi connectivity index (χ1n) is 13.4. The molecule has 0 aliphatic carbocycles. The molecule has 0 saturated carbocycles. The van der Waals surface area contributed by atoms with Crippen molar-refractivity contribution in [1.29, 1.82) is 0 Å². The molecule has 206 valence electrons. The maximum absolute atomic E-state index is 12.0. The average molecular weight is 546 g/mol. The molecule has 6 rings (SSSR count). The summed E-state index contributed by atoms with van der Waals surface area (Å²) in [6, 6.07) is 26.5. The van der Waals surface area contributed by atoms with Crippen molar-refractivity contribution in [2.45, 2.75) is 39.5 Å². The number of fused-ring (bicyclic) bond motifs is 2. The molecule has 0 aliphatic rings. The largest absolute Gasteiger partial charge is 0.444 e. The molecule has 3 aromatic heterocycles. The predicted octanol–water partition coefficient (Wildman–Crippen LogP) is 6.07. The standard InChI is InChI=1S/C32H31N7O2/c1-32(2,3)41-31(40)34-17-21-9-11-23(12-10-21)28-16-26(29-30(33)35-20-36-39(28)29)24-13-14-25-19-38(37-27(25)15-24)18-22-7-5-4-6-8-22/h4-16,19-20H,17-18H2,1-3H3,(H,34,40)(H2,33,35,36). The van der Waals surface area contributed by atoms with Gasteiger partial charge in [0.15, 0.2) is 5.82 Å². The molecule has 0 radical (unpaired) electrons. The lowest BCUT2D eigenvalue weighted by Gasteiger charge is -2.19. The number of ether oxygens (including phenoxy) is 1. The first kappa shape index (κ1) is 26.1. The van der Waals surface area contributed by atoms with E-state index >= 15 is 0 Å². The Balaban J connectivity index is 1.30. The number of anilines is 1. The Kier molecular flexibility index (Phi) is 6.62. The highest BCUT2D eigenvalue weighted by Gasteiger charge is 2.18. The van der Waals surface area contributed by atoms with Gasteiger partial charge in [0.25, 0.3) is 0 Å². The first-order chi connectivity index (χ1) is 19.7. The molecule has 3 aromatic carbocycles. The molecule has 0 unspecified atom stereocenters. The Labute approximate surface area is 237 Å². The maximum atomic E-state index is 12.0. The van der Waals surface area contributed by atoms with Crippen LogP contribution >= 0.6 is 0 Å². The minimum atomic E-state index is -0.544. The maximum Gasteiger partial charge on any atom is 0.407 e. The zero-order valence-electron chi connectivity index (χ0n) is 23.2. The van der Waals surface area contributed by atoms with Crippen molar-refractivity contribution in [1.82, 2.24) is 29.7 Å². The number of aromatic nitrogens is 5. The molecule has 3 N–H and O–H groups in total. The van der Waals surface area contributed by atoms with Gasteiger partial charge in [0.1, 0.15) is 17.4 Å². The fourth-order valence-electron chi connectivity index (χ4n) is 4.86. The number of nitrogens with two attached hydrogens (primary N) is 1. The summed E-state index contributed by atoms with van der Waals surface area (Å²) >= 11 is 0. The Morgan fingerprint density at radius 1 is 0.951 bits per heavy atom. The molecular formula is C32H31N7O2. The number of nitrogens with one attached hydrogen (secondary N) is 1. The first-order valence-corrected chi connectivity index (χ1v) is 13.4. The van der Waals surface area contributed by atoms with Gasteiger partial charge in [0, 0.05) is 29.3 Å². The SMILES string of the molecule is CC(C)(C)OC(=O)NCc1ccc(-c2cc(-c3ccc4cn(Cc5ccccc5)nc4c3)c3c(N)ncnn23)cc1. The van der Waals surface area contributed by atoms with E-state index in [1.54, 1.807) is 0 Å². The number of carbonyl (C=O) groups excluding carboxylic acids is 1. The van der Waals surface area contributed by atoms with Crippen LogP contribution in [0.4, 0.5) is 10.6 Å². The van der Waals surface area contributed by atoms with Gasteiger partial charge in [0.05, 0.1) is 17.8 Å². The Bertz CT molecular complexity index is 1850. The van der Waals surface area contributed by atoms with Crippen LogP contribution in [0.25, 0.3) is 38.8 Å². The number of alkyl carbamates (subject to hydrolysis) is 1. The molecular weight excluding hydrogens is 514 g/mol. The van der Waals surface area contributed by atoms with Crippen molar-refractivity contribution >= 4 is 28.3 Å². The summed E-state index contributed by atoms with van der Waals surface area (Å²) < 4.78 is 9.11. The van der Waals surface area contributed by atoms with E-state index in [2.05, 4.69) is 58.0 Å². The van der Waals surface area contributed by atoms with E-state index < -0.39 is 11.7 Å². The summed E-state index contributed by atoms with van der Waals surface area (Å²) in [7, 11) is 0. The lowest BCUT2D eigenvalue weighted by atomic mass is 10.0. The van der Waals surface area contributed by atoms with Gasteiger partial charge in [-0.1, -0.05) is 66.7 Å². The summed E-state index contributed by atoms with van der Waals surface area (Å²) in [5.41, 5.74) is 13.4. The van der Waals surface area contributed by atoms with Crippen LogP contribution in [0.15, 0.2) is 91.4 Å². The third-order valence-electron chi connectivity index (χ3n) is 6.72. The molecule has 3 heterocycles. The fourth-order valence-corrected chi connectivity index (χ4v) is 4.86. The third-order valence-corrected chi connectivity index (χ3v) is 6.72. The molecule has 0 atom stereocenters. The summed E-state index contributed by atoms with van der Waals surface area (Å²) in [5, 5.41) is 13.2. The lowest BCUT2D eigenvalue weighted by Crippen LogP contribution is -2.32. The summed E-state index contributed by atoms with van der Waals surface area (Å²) in [5.74, 6) is 0.397. The van der Waals surface area contributed by atoms with Crippen LogP contribution in [0, 0.1) is 0 Å². The van der Waals surface area contributed by atoms with E-state index in [-0.39, 0.29) is 0 Å². The molecule has 41 heavy (non-hydrogen) atoms.